The number of hydrogen-bond donors (Lipinski definition) is 1. The molecule has 0 saturated heterocycles. The summed E-state index contributed by atoms with van der Waals surface area (Å²) in [5.74, 6) is 0. The molecule has 0 spiro atoms. The lowest BCUT2D eigenvalue weighted by molar-refractivity contribution is -0.387. The number of nitrogens with zero attached hydrogens (tertiary/aromatic N) is 2. The van der Waals surface area contributed by atoms with Gasteiger partial charge in [0, 0.05) is 36.5 Å². The van der Waals surface area contributed by atoms with Crippen LogP contribution in [0, 0.1) is 15.5 Å². The fourth-order valence-corrected chi connectivity index (χ4v) is 4.41. The van der Waals surface area contributed by atoms with Gasteiger partial charge >= 0.3 is 0 Å². The minimum atomic E-state index is -3.66. The van der Waals surface area contributed by atoms with Gasteiger partial charge in [0.25, 0.3) is 5.69 Å². The van der Waals surface area contributed by atoms with E-state index in [9.17, 15) is 18.5 Å². The van der Waals surface area contributed by atoms with Gasteiger partial charge in [-0.1, -0.05) is 12.8 Å². The molecule has 2 rings (SSSR count). The van der Waals surface area contributed by atoms with Crippen LogP contribution in [0.3, 0.4) is 0 Å². The normalized spacial score (nSPS) is 17.2. The van der Waals surface area contributed by atoms with Crippen LogP contribution in [-0.4, -0.2) is 51.7 Å². The van der Waals surface area contributed by atoms with Gasteiger partial charge in [0.15, 0.2) is 9.84 Å². The van der Waals surface area contributed by atoms with E-state index in [1.165, 1.54) is 25.0 Å². The molecule has 0 heterocycles. The topological polar surface area (TPSA) is 92.5 Å². The van der Waals surface area contributed by atoms with E-state index in [2.05, 4.69) is 10.2 Å². The van der Waals surface area contributed by atoms with Crippen LogP contribution < -0.4 is 5.32 Å². The second-order valence-electron chi connectivity index (χ2n) is 7.01. The molecule has 0 bridgehead atoms. The van der Waals surface area contributed by atoms with E-state index in [4.69, 9.17) is 0 Å². The van der Waals surface area contributed by atoms with Crippen LogP contribution >= 0.6 is 0 Å². The first-order chi connectivity index (χ1) is 11.1. The van der Waals surface area contributed by atoms with Gasteiger partial charge in [-0.25, -0.2) is 8.42 Å². The quantitative estimate of drug-likeness (QED) is 0.597. The molecule has 1 N–H and O–H groups in total. The van der Waals surface area contributed by atoms with Crippen molar-refractivity contribution < 1.29 is 13.3 Å². The summed E-state index contributed by atoms with van der Waals surface area (Å²) in [5.41, 5.74) is 0.384. The average molecular weight is 355 g/mol. The summed E-state index contributed by atoms with van der Waals surface area (Å²) < 4.78 is 23.7. The van der Waals surface area contributed by atoms with Crippen LogP contribution in [0.4, 0.5) is 11.4 Å². The molecule has 0 unspecified atom stereocenters. The van der Waals surface area contributed by atoms with Crippen molar-refractivity contribution in [1.82, 2.24) is 4.90 Å². The van der Waals surface area contributed by atoms with Gasteiger partial charge in [0.2, 0.25) is 0 Å². The Morgan fingerprint density at radius 2 is 1.92 bits per heavy atom. The van der Waals surface area contributed by atoms with Crippen molar-refractivity contribution >= 4 is 21.2 Å². The second-order valence-corrected chi connectivity index (χ2v) is 8.99. The molecule has 8 heteroatoms. The molecule has 1 aliphatic carbocycles. The molecule has 0 radical (unpaired) electrons. The lowest BCUT2D eigenvalue weighted by atomic mass is 9.85. The average Bonchev–Trinajstić information content (AvgIpc) is 2.92. The smallest absolute Gasteiger partial charge is 0.288 e. The summed E-state index contributed by atoms with van der Waals surface area (Å²) in [6, 6.07) is 4.20. The van der Waals surface area contributed by atoms with Crippen molar-refractivity contribution in [2.45, 2.75) is 30.6 Å². The van der Waals surface area contributed by atoms with Crippen LogP contribution in [0.15, 0.2) is 23.1 Å². The molecular formula is C16H25N3O4S. The SMILES string of the molecule is CN(C)CC1(CNc2ccc([N+](=O)[O-])c(S(C)(=O)=O)c2)CCCC1. The van der Waals surface area contributed by atoms with Gasteiger partial charge in [-0.2, -0.15) is 0 Å². The minimum Gasteiger partial charge on any atom is -0.384 e. The predicted octanol–water partition coefficient (Wildman–Crippen LogP) is 2.53. The number of anilines is 1. The first kappa shape index (κ1) is 18.7. The van der Waals surface area contributed by atoms with Gasteiger partial charge in [-0.15, -0.1) is 0 Å². The van der Waals surface area contributed by atoms with Crippen LogP contribution in [0.2, 0.25) is 0 Å². The number of sulfone groups is 1. The van der Waals surface area contributed by atoms with Crippen LogP contribution in [0.25, 0.3) is 0 Å². The largest absolute Gasteiger partial charge is 0.384 e. The zero-order valence-electron chi connectivity index (χ0n) is 14.4. The van der Waals surface area contributed by atoms with E-state index >= 15 is 0 Å². The van der Waals surface area contributed by atoms with E-state index < -0.39 is 14.8 Å². The van der Waals surface area contributed by atoms with Gasteiger partial charge < -0.3 is 10.2 Å². The zero-order chi connectivity index (χ0) is 18.0. The Labute approximate surface area is 143 Å². The molecule has 1 aromatic carbocycles. The molecule has 1 fully saturated rings. The molecule has 0 aliphatic heterocycles. The highest BCUT2D eigenvalue weighted by Crippen LogP contribution is 2.39. The molecule has 1 aliphatic rings. The molecule has 24 heavy (non-hydrogen) atoms. The standard InChI is InChI=1S/C16H25N3O4S/c1-18(2)12-16(8-4-5-9-16)11-17-13-6-7-14(19(20)21)15(10-13)24(3,22)23/h6-7,10,17H,4-5,8-9,11-12H2,1-3H3. The van der Waals surface area contributed by atoms with Gasteiger partial charge in [0.05, 0.1) is 4.92 Å². The van der Waals surface area contributed by atoms with Crippen LogP contribution in [0.5, 0.6) is 0 Å². The predicted molar refractivity (Wildman–Crippen MR) is 94.2 cm³/mol. The molecule has 0 amide bonds. The van der Waals surface area contributed by atoms with Crippen LogP contribution in [0.1, 0.15) is 25.7 Å². The van der Waals surface area contributed by atoms with E-state index in [0.717, 1.165) is 32.2 Å². The molecule has 0 aromatic heterocycles. The number of nitrogens with one attached hydrogen (secondary N) is 1. The third-order valence-electron chi connectivity index (χ3n) is 4.54. The van der Waals surface area contributed by atoms with Gasteiger partial charge in [0.1, 0.15) is 4.90 Å². The van der Waals surface area contributed by atoms with Crippen molar-refractivity contribution in [1.29, 1.82) is 0 Å². The molecule has 1 saturated carbocycles. The Hall–Kier alpha value is -1.67. The lowest BCUT2D eigenvalue weighted by Crippen LogP contribution is -2.37. The highest BCUT2D eigenvalue weighted by molar-refractivity contribution is 7.90. The Balaban J connectivity index is 2.22. The molecule has 7 nitrogen and oxygen atoms in total. The van der Waals surface area contributed by atoms with Gasteiger partial charge in [-0.3, -0.25) is 10.1 Å². The summed E-state index contributed by atoms with van der Waals surface area (Å²) >= 11 is 0. The van der Waals surface area contributed by atoms with E-state index in [-0.39, 0.29) is 16.0 Å². The Morgan fingerprint density at radius 3 is 2.42 bits per heavy atom. The van der Waals surface area contributed by atoms with E-state index in [1.807, 2.05) is 14.1 Å². The summed E-state index contributed by atoms with van der Waals surface area (Å²) in [5, 5.41) is 14.3. The maximum atomic E-state index is 11.8. The van der Waals surface area contributed by atoms with E-state index in [0.29, 0.717) is 5.69 Å². The number of nitro groups is 1. The number of rotatable bonds is 7. The Kier molecular flexibility index (Phi) is 5.49. The second kappa shape index (κ2) is 7.06. The summed E-state index contributed by atoms with van der Waals surface area (Å²) in [4.78, 5) is 12.3. The van der Waals surface area contributed by atoms with Crippen molar-refractivity contribution in [3.8, 4) is 0 Å². The van der Waals surface area contributed by atoms with Crippen molar-refractivity contribution in [3.63, 3.8) is 0 Å². The third kappa shape index (κ3) is 4.45. The summed E-state index contributed by atoms with van der Waals surface area (Å²) in [7, 11) is 0.436. The first-order valence-electron chi connectivity index (χ1n) is 8.00. The Bertz CT molecular complexity index is 710. The monoisotopic (exact) mass is 355 g/mol. The number of hydrogen-bond acceptors (Lipinski definition) is 6. The van der Waals surface area contributed by atoms with E-state index in [1.54, 1.807) is 6.07 Å². The molecule has 1 aromatic rings. The highest BCUT2D eigenvalue weighted by atomic mass is 32.2. The Morgan fingerprint density at radius 1 is 1.29 bits per heavy atom. The fourth-order valence-electron chi connectivity index (χ4n) is 3.55. The van der Waals surface area contributed by atoms with Crippen LogP contribution in [-0.2, 0) is 9.84 Å². The van der Waals surface area contributed by atoms with Gasteiger partial charge in [-0.05, 0) is 39.1 Å². The highest BCUT2D eigenvalue weighted by Gasteiger charge is 2.34. The minimum absolute atomic E-state index is 0.163. The summed E-state index contributed by atoms with van der Waals surface area (Å²) in [6.45, 7) is 1.69. The van der Waals surface area contributed by atoms with Crippen molar-refractivity contribution in [2.75, 3.05) is 38.8 Å². The van der Waals surface area contributed by atoms with Crippen molar-refractivity contribution in [2.24, 2.45) is 5.41 Å². The first-order valence-corrected chi connectivity index (χ1v) is 9.89. The molecular weight excluding hydrogens is 330 g/mol. The zero-order valence-corrected chi connectivity index (χ0v) is 15.2. The molecule has 134 valence electrons. The maximum absolute atomic E-state index is 11.8. The summed E-state index contributed by atoms with van der Waals surface area (Å²) in [6.07, 6.45) is 5.65. The molecule has 0 atom stereocenters. The van der Waals surface area contributed by atoms with Crippen molar-refractivity contribution in [3.05, 3.63) is 28.3 Å². The third-order valence-corrected chi connectivity index (χ3v) is 5.67. The maximum Gasteiger partial charge on any atom is 0.288 e. The number of nitro benzene ring substituents is 1. The lowest BCUT2D eigenvalue weighted by Gasteiger charge is -2.32. The fraction of sp³-hybridized carbons (Fsp3) is 0.625. The number of benzene rings is 1.